The molecule has 1 aromatic heterocycles. The van der Waals surface area contributed by atoms with Gasteiger partial charge in [-0.3, -0.25) is 4.79 Å². The van der Waals surface area contributed by atoms with Gasteiger partial charge in [0, 0.05) is 10.9 Å². The molecule has 0 aliphatic rings. The number of hydrogen-bond acceptors (Lipinski definition) is 2. The number of halogens is 7. The van der Waals surface area contributed by atoms with Crippen molar-refractivity contribution in [1.82, 2.24) is 4.98 Å². The van der Waals surface area contributed by atoms with Gasteiger partial charge >= 0.3 is 0 Å². The van der Waals surface area contributed by atoms with Gasteiger partial charge in [0.2, 0.25) is 5.82 Å². The molecule has 0 unspecified atom stereocenters. The quantitative estimate of drug-likeness (QED) is 0.191. The molecule has 1 N–H and O–H groups in total. The first-order valence-corrected chi connectivity index (χ1v) is 9.62. The van der Waals surface area contributed by atoms with Crippen molar-refractivity contribution in [3.63, 3.8) is 0 Å². The molecule has 0 fully saturated rings. The molecule has 0 aliphatic heterocycles. The summed E-state index contributed by atoms with van der Waals surface area (Å²) in [5, 5.41) is 2.59. The van der Waals surface area contributed by atoms with Gasteiger partial charge in [0.1, 0.15) is 5.69 Å². The van der Waals surface area contributed by atoms with Crippen LogP contribution >= 0.6 is 23.2 Å². The summed E-state index contributed by atoms with van der Waals surface area (Å²) in [4.78, 5) is 17.3. The molecule has 0 aliphatic carbocycles. The maximum absolute atomic E-state index is 14.0. The fraction of sp³-hybridized carbons (Fsp3) is 0. The highest BCUT2D eigenvalue weighted by Crippen LogP contribution is 2.32. The number of anilines is 1. The Hall–Kier alpha value is -3.23. The molecule has 3 aromatic carbocycles. The van der Waals surface area contributed by atoms with Gasteiger partial charge in [-0.2, -0.15) is 0 Å². The molecule has 4 aromatic rings. The van der Waals surface area contributed by atoms with Crippen molar-refractivity contribution in [3.8, 4) is 11.3 Å². The molecule has 0 radical (unpaired) electrons. The van der Waals surface area contributed by atoms with Gasteiger partial charge in [-0.05, 0) is 24.3 Å². The number of fused-ring (bicyclic) bond motifs is 1. The SMILES string of the molecule is O=C(Nc1c(F)c(F)c(F)c(F)c1F)c1cc(-c2ccc(Cl)c(Cl)c2)nc2ccccc12. The third-order valence-corrected chi connectivity index (χ3v) is 5.36. The Kier molecular flexibility index (Phi) is 5.75. The molecular formula is C22H9Cl2F5N2O. The van der Waals surface area contributed by atoms with Crippen molar-refractivity contribution in [2.45, 2.75) is 0 Å². The van der Waals surface area contributed by atoms with Crippen LogP contribution in [0.2, 0.25) is 10.0 Å². The van der Waals surface area contributed by atoms with Crippen molar-refractivity contribution in [2.75, 3.05) is 5.32 Å². The highest BCUT2D eigenvalue weighted by Gasteiger charge is 2.27. The van der Waals surface area contributed by atoms with Crippen LogP contribution in [0, 0.1) is 29.1 Å². The Morgan fingerprint density at radius 1 is 0.781 bits per heavy atom. The van der Waals surface area contributed by atoms with E-state index in [2.05, 4.69) is 4.98 Å². The monoisotopic (exact) mass is 482 g/mol. The maximum atomic E-state index is 14.0. The molecule has 0 spiro atoms. The van der Waals surface area contributed by atoms with Gasteiger partial charge < -0.3 is 5.32 Å². The highest BCUT2D eigenvalue weighted by atomic mass is 35.5. The van der Waals surface area contributed by atoms with E-state index in [9.17, 15) is 26.7 Å². The number of benzene rings is 3. The minimum Gasteiger partial charge on any atom is -0.317 e. The molecule has 0 saturated heterocycles. The van der Waals surface area contributed by atoms with Crippen molar-refractivity contribution in [2.24, 2.45) is 0 Å². The summed E-state index contributed by atoms with van der Waals surface area (Å²) in [7, 11) is 0. The van der Waals surface area contributed by atoms with Gasteiger partial charge in [-0.25, -0.2) is 26.9 Å². The Morgan fingerprint density at radius 2 is 1.41 bits per heavy atom. The molecule has 32 heavy (non-hydrogen) atoms. The first-order valence-electron chi connectivity index (χ1n) is 8.87. The first kappa shape index (κ1) is 22.0. The zero-order valence-corrected chi connectivity index (χ0v) is 17.1. The molecule has 3 nitrogen and oxygen atoms in total. The van der Waals surface area contributed by atoms with Crippen molar-refractivity contribution in [3.05, 3.63) is 93.2 Å². The van der Waals surface area contributed by atoms with Crippen LogP contribution < -0.4 is 5.32 Å². The van der Waals surface area contributed by atoms with Gasteiger partial charge in [-0.15, -0.1) is 0 Å². The van der Waals surface area contributed by atoms with Crippen LogP contribution in [0.1, 0.15) is 10.4 Å². The number of carbonyl (C=O) groups excluding carboxylic acids is 1. The lowest BCUT2D eigenvalue weighted by molar-refractivity contribution is 0.102. The van der Waals surface area contributed by atoms with Crippen LogP contribution in [-0.2, 0) is 0 Å². The summed E-state index contributed by atoms with van der Waals surface area (Å²) in [5.74, 6) is -12.1. The van der Waals surface area contributed by atoms with E-state index in [1.54, 1.807) is 29.6 Å². The Labute approximate surface area is 187 Å². The van der Waals surface area contributed by atoms with Crippen molar-refractivity contribution >= 4 is 45.7 Å². The van der Waals surface area contributed by atoms with Crippen LogP contribution in [0.5, 0.6) is 0 Å². The fourth-order valence-electron chi connectivity index (χ4n) is 3.06. The number of aromatic nitrogens is 1. The number of rotatable bonds is 3. The second-order valence-electron chi connectivity index (χ2n) is 6.60. The van der Waals surface area contributed by atoms with Crippen LogP contribution in [0.3, 0.4) is 0 Å². The van der Waals surface area contributed by atoms with Gasteiger partial charge in [0.05, 0.1) is 26.8 Å². The number of pyridine rings is 1. The van der Waals surface area contributed by atoms with Crippen LogP contribution in [0.25, 0.3) is 22.2 Å². The van der Waals surface area contributed by atoms with E-state index in [-0.39, 0.29) is 21.7 Å². The number of carbonyl (C=O) groups is 1. The van der Waals surface area contributed by atoms with Crippen LogP contribution in [0.15, 0.2) is 48.5 Å². The van der Waals surface area contributed by atoms with E-state index in [4.69, 9.17) is 23.2 Å². The average Bonchev–Trinajstić information content (AvgIpc) is 2.80. The Balaban J connectivity index is 1.86. The van der Waals surface area contributed by atoms with Gasteiger partial charge in [-0.1, -0.05) is 47.5 Å². The third-order valence-electron chi connectivity index (χ3n) is 4.62. The smallest absolute Gasteiger partial charge is 0.256 e. The maximum Gasteiger partial charge on any atom is 0.256 e. The summed E-state index contributed by atoms with van der Waals surface area (Å²) in [6, 6.07) is 12.3. The molecule has 162 valence electrons. The van der Waals surface area contributed by atoms with Crippen molar-refractivity contribution < 1.29 is 26.7 Å². The lowest BCUT2D eigenvalue weighted by Crippen LogP contribution is -2.17. The van der Waals surface area contributed by atoms with Gasteiger partial charge in [0.25, 0.3) is 5.91 Å². The second-order valence-corrected chi connectivity index (χ2v) is 7.41. The molecule has 0 saturated carbocycles. The first-order chi connectivity index (χ1) is 15.2. The number of amides is 1. The fourth-order valence-corrected chi connectivity index (χ4v) is 3.36. The molecule has 0 bridgehead atoms. The number of nitrogens with one attached hydrogen (secondary N) is 1. The van der Waals surface area contributed by atoms with E-state index in [1.807, 2.05) is 0 Å². The molecule has 1 heterocycles. The lowest BCUT2D eigenvalue weighted by atomic mass is 10.0. The van der Waals surface area contributed by atoms with Crippen LogP contribution in [-0.4, -0.2) is 10.9 Å². The average molecular weight is 483 g/mol. The summed E-state index contributed by atoms with van der Waals surface area (Å²) >= 11 is 12.0. The molecule has 10 heteroatoms. The predicted octanol–water partition coefficient (Wildman–Crippen LogP) is 7.16. The summed E-state index contributed by atoms with van der Waals surface area (Å²) < 4.78 is 68.4. The molecule has 4 rings (SSSR count). The summed E-state index contributed by atoms with van der Waals surface area (Å²) in [6.45, 7) is 0. The largest absolute Gasteiger partial charge is 0.317 e. The minimum absolute atomic E-state index is 0.111. The number of hydrogen-bond donors (Lipinski definition) is 1. The number of para-hydroxylation sites is 1. The minimum atomic E-state index is -2.32. The summed E-state index contributed by atoms with van der Waals surface area (Å²) in [5.41, 5.74) is -0.470. The Bertz CT molecular complexity index is 1380. The lowest BCUT2D eigenvalue weighted by Gasteiger charge is -2.13. The molecule has 1 amide bonds. The second kappa shape index (κ2) is 8.37. The van der Waals surface area contributed by atoms with Crippen LogP contribution in [0.4, 0.5) is 27.6 Å². The highest BCUT2D eigenvalue weighted by molar-refractivity contribution is 6.42. The molecule has 0 atom stereocenters. The topological polar surface area (TPSA) is 42.0 Å². The van der Waals surface area contributed by atoms with E-state index >= 15 is 0 Å². The van der Waals surface area contributed by atoms with E-state index in [1.165, 1.54) is 24.3 Å². The normalized spacial score (nSPS) is 11.1. The zero-order chi connectivity index (χ0) is 23.2. The van der Waals surface area contributed by atoms with E-state index < -0.39 is 40.7 Å². The number of nitrogens with zero attached hydrogens (tertiary/aromatic N) is 1. The third kappa shape index (κ3) is 3.76. The predicted molar refractivity (Wildman–Crippen MR) is 111 cm³/mol. The summed E-state index contributed by atoms with van der Waals surface area (Å²) in [6.07, 6.45) is 0. The Morgan fingerprint density at radius 3 is 2.06 bits per heavy atom. The van der Waals surface area contributed by atoms with Crippen molar-refractivity contribution in [1.29, 1.82) is 0 Å². The zero-order valence-electron chi connectivity index (χ0n) is 15.6. The van der Waals surface area contributed by atoms with Gasteiger partial charge in [0.15, 0.2) is 23.3 Å². The molecular weight excluding hydrogens is 474 g/mol. The van der Waals surface area contributed by atoms with E-state index in [0.29, 0.717) is 16.1 Å². The standard InChI is InChI=1S/C22H9Cl2F5N2O/c23-12-6-5-9(7-13(12)24)15-8-11(10-3-1-2-4-14(10)30-15)22(32)31-21-19(28)17(26)16(25)18(27)20(21)29/h1-8H,(H,31,32). The van der Waals surface area contributed by atoms with E-state index in [0.717, 1.165) is 0 Å².